The molecule has 1 aromatic heterocycles. The van der Waals surface area contributed by atoms with Gasteiger partial charge in [-0.05, 0) is 47.4 Å². The standard InChI is InChI=1S/C34H38N2O6/c1-34(2)19-25(35-15-14-21-10-13-29(40-3)30(16-21)41-4)32(28(39)20-34)26(37)12-11-24-33-27(38)17-23(18-31(33)42-36-24)22-8-6-5-7-9-22/h5-10,13,16,23,37H,11-12,14-15,17-20H2,1-4H3/b32-26+,35-25?. The van der Waals surface area contributed by atoms with Crippen LogP contribution in [-0.4, -0.2) is 48.3 Å². The summed E-state index contributed by atoms with van der Waals surface area (Å²) < 4.78 is 16.3. The van der Waals surface area contributed by atoms with E-state index in [1.807, 2.05) is 62.4 Å². The predicted octanol–water partition coefficient (Wildman–Crippen LogP) is 6.42. The monoisotopic (exact) mass is 570 g/mol. The van der Waals surface area contributed by atoms with E-state index in [0.29, 0.717) is 84.9 Å². The molecule has 0 saturated heterocycles. The van der Waals surface area contributed by atoms with Crippen LogP contribution in [0.4, 0.5) is 0 Å². The van der Waals surface area contributed by atoms with Crippen LogP contribution in [0.5, 0.6) is 11.5 Å². The third-order valence-corrected chi connectivity index (χ3v) is 8.14. The molecule has 220 valence electrons. The molecule has 2 aliphatic carbocycles. The number of Topliss-reactive ketones (excluding diaryl/α,β-unsaturated/α-hetero) is 2. The lowest BCUT2D eigenvalue weighted by molar-refractivity contribution is -0.117. The molecule has 1 unspecified atom stereocenters. The van der Waals surface area contributed by atoms with Crippen LogP contribution in [0.15, 0.2) is 69.4 Å². The third-order valence-electron chi connectivity index (χ3n) is 8.14. The fourth-order valence-electron chi connectivity index (χ4n) is 6.04. The number of aromatic nitrogens is 1. The van der Waals surface area contributed by atoms with Gasteiger partial charge in [0.15, 0.2) is 23.1 Å². The van der Waals surface area contributed by atoms with Gasteiger partial charge in [0, 0.05) is 44.4 Å². The summed E-state index contributed by atoms with van der Waals surface area (Å²) in [6.07, 6.45) is 3.03. The fourth-order valence-corrected chi connectivity index (χ4v) is 6.04. The largest absolute Gasteiger partial charge is 0.511 e. The van der Waals surface area contributed by atoms with Gasteiger partial charge in [-0.1, -0.05) is 55.4 Å². The van der Waals surface area contributed by atoms with E-state index < -0.39 is 0 Å². The zero-order chi connectivity index (χ0) is 29.9. The predicted molar refractivity (Wildman–Crippen MR) is 160 cm³/mol. The highest BCUT2D eigenvalue weighted by Gasteiger charge is 2.37. The lowest BCUT2D eigenvalue weighted by Crippen LogP contribution is -2.33. The van der Waals surface area contributed by atoms with Crippen LogP contribution in [0.1, 0.15) is 78.4 Å². The van der Waals surface area contributed by atoms with Gasteiger partial charge in [-0.25, -0.2) is 0 Å². The molecule has 0 spiro atoms. The molecule has 1 saturated carbocycles. The van der Waals surface area contributed by atoms with Gasteiger partial charge in [-0.15, -0.1) is 0 Å². The first-order valence-corrected chi connectivity index (χ1v) is 14.4. The Morgan fingerprint density at radius 2 is 1.76 bits per heavy atom. The van der Waals surface area contributed by atoms with Crippen molar-refractivity contribution in [3.8, 4) is 11.5 Å². The van der Waals surface area contributed by atoms with E-state index in [0.717, 1.165) is 11.1 Å². The molecule has 8 nitrogen and oxygen atoms in total. The first-order valence-electron chi connectivity index (χ1n) is 14.4. The zero-order valence-electron chi connectivity index (χ0n) is 24.7. The van der Waals surface area contributed by atoms with Crippen molar-refractivity contribution in [3.63, 3.8) is 0 Å². The minimum atomic E-state index is -0.254. The molecular weight excluding hydrogens is 532 g/mol. The van der Waals surface area contributed by atoms with Crippen molar-refractivity contribution in [1.82, 2.24) is 5.16 Å². The van der Waals surface area contributed by atoms with Crippen LogP contribution < -0.4 is 9.47 Å². The van der Waals surface area contributed by atoms with Crippen molar-refractivity contribution in [2.75, 3.05) is 20.8 Å². The molecule has 0 aliphatic heterocycles. The van der Waals surface area contributed by atoms with E-state index in [1.54, 1.807) is 14.2 Å². The number of aliphatic imine (C=N–C) groups is 1. The van der Waals surface area contributed by atoms with Gasteiger partial charge in [0.05, 0.1) is 31.1 Å². The quantitative estimate of drug-likeness (QED) is 0.233. The zero-order valence-corrected chi connectivity index (χ0v) is 24.7. The number of hydrogen-bond donors (Lipinski definition) is 1. The second-order valence-electron chi connectivity index (χ2n) is 11.9. The molecular formula is C34H38N2O6. The van der Waals surface area contributed by atoms with Gasteiger partial charge in [0.2, 0.25) is 0 Å². The van der Waals surface area contributed by atoms with Gasteiger partial charge in [0.1, 0.15) is 11.5 Å². The van der Waals surface area contributed by atoms with E-state index in [1.165, 1.54) is 0 Å². The van der Waals surface area contributed by atoms with Gasteiger partial charge >= 0.3 is 0 Å². The van der Waals surface area contributed by atoms with Crippen molar-refractivity contribution in [2.45, 2.75) is 64.7 Å². The molecule has 1 atom stereocenters. The number of methoxy groups -OCH3 is 2. The van der Waals surface area contributed by atoms with Crippen LogP contribution in [0.25, 0.3) is 0 Å². The summed E-state index contributed by atoms with van der Waals surface area (Å²) >= 11 is 0. The number of carbonyl (C=O) groups excluding carboxylic acids is 2. The minimum Gasteiger partial charge on any atom is -0.511 e. The van der Waals surface area contributed by atoms with Crippen LogP contribution in [0.2, 0.25) is 0 Å². The SMILES string of the molecule is COc1ccc(CCN=C2CC(C)(C)CC(=O)/C2=C(/O)CCc2noc3c2C(=O)CC(c2ccccc2)C3)cc1OC. The third kappa shape index (κ3) is 6.32. The van der Waals surface area contributed by atoms with E-state index in [-0.39, 0.29) is 35.1 Å². The Hall–Kier alpha value is -4.20. The van der Waals surface area contributed by atoms with Crippen molar-refractivity contribution < 1.29 is 28.7 Å². The highest BCUT2D eigenvalue weighted by Crippen LogP contribution is 2.37. The van der Waals surface area contributed by atoms with Gasteiger partial charge in [-0.2, -0.15) is 0 Å². The summed E-state index contributed by atoms with van der Waals surface area (Å²) in [6, 6.07) is 15.7. The summed E-state index contributed by atoms with van der Waals surface area (Å²) in [6.45, 7) is 4.54. The first kappa shape index (κ1) is 29.3. The Bertz CT molecular complexity index is 1530. The Labute approximate surface area is 246 Å². The smallest absolute Gasteiger partial charge is 0.168 e. The molecule has 8 heteroatoms. The second-order valence-corrected chi connectivity index (χ2v) is 11.9. The molecule has 5 rings (SSSR count). The molecule has 3 aromatic rings. The molecule has 1 fully saturated rings. The van der Waals surface area contributed by atoms with Crippen LogP contribution in [0, 0.1) is 5.41 Å². The molecule has 1 N–H and O–H groups in total. The Balaban J connectivity index is 1.32. The minimum absolute atomic E-state index is 0.00130. The van der Waals surface area contributed by atoms with Crippen LogP contribution in [0.3, 0.4) is 0 Å². The summed E-state index contributed by atoms with van der Waals surface area (Å²) in [4.78, 5) is 31.2. The summed E-state index contributed by atoms with van der Waals surface area (Å²) in [5.74, 6) is 1.84. The molecule has 1 heterocycles. The van der Waals surface area contributed by atoms with Crippen molar-refractivity contribution in [2.24, 2.45) is 10.4 Å². The number of carbonyl (C=O) groups is 2. The number of fused-ring (bicyclic) bond motifs is 1. The topological polar surface area (TPSA) is 111 Å². The first-order chi connectivity index (χ1) is 20.2. The normalized spacial score (nSPS) is 20.4. The highest BCUT2D eigenvalue weighted by molar-refractivity contribution is 6.24. The maximum absolute atomic E-state index is 13.2. The Morgan fingerprint density at radius 1 is 1.00 bits per heavy atom. The number of benzene rings is 2. The van der Waals surface area contributed by atoms with Crippen molar-refractivity contribution in [3.05, 3.63) is 88.0 Å². The van der Waals surface area contributed by atoms with Crippen LogP contribution in [-0.2, 0) is 24.1 Å². The fraction of sp³-hybridized carbons (Fsp3) is 0.412. The molecule has 0 bridgehead atoms. The number of allylic oxidation sites excluding steroid dienone is 2. The average molecular weight is 571 g/mol. The maximum Gasteiger partial charge on any atom is 0.168 e. The number of ketones is 2. The number of ether oxygens (including phenoxy) is 2. The van der Waals surface area contributed by atoms with Crippen molar-refractivity contribution in [1.29, 1.82) is 0 Å². The lowest BCUT2D eigenvalue weighted by Gasteiger charge is -2.31. The molecule has 0 amide bonds. The number of aliphatic hydroxyl groups is 1. The second kappa shape index (κ2) is 12.3. The van der Waals surface area contributed by atoms with Gasteiger partial charge < -0.3 is 19.1 Å². The van der Waals surface area contributed by atoms with E-state index in [4.69, 9.17) is 19.0 Å². The number of nitrogens with zero attached hydrogens (tertiary/aromatic N) is 2. The molecule has 2 aliphatic rings. The molecule has 2 aromatic carbocycles. The maximum atomic E-state index is 13.2. The van der Waals surface area contributed by atoms with Gasteiger partial charge in [0.25, 0.3) is 0 Å². The number of aliphatic hydroxyl groups excluding tert-OH is 1. The summed E-state index contributed by atoms with van der Waals surface area (Å²) in [5, 5.41) is 15.4. The van der Waals surface area contributed by atoms with E-state index >= 15 is 0 Å². The van der Waals surface area contributed by atoms with Crippen molar-refractivity contribution >= 4 is 17.3 Å². The van der Waals surface area contributed by atoms with E-state index in [2.05, 4.69) is 5.16 Å². The molecule has 42 heavy (non-hydrogen) atoms. The van der Waals surface area contributed by atoms with E-state index in [9.17, 15) is 14.7 Å². The number of aryl methyl sites for hydroxylation is 1. The lowest BCUT2D eigenvalue weighted by atomic mass is 9.73. The Morgan fingerprint density at radius 3 is 2.50 bits per heavy atom. The number of hydrogen-bond acceptors (Lipinski definition) is 8. The summed E-state index contributed by atoms with van der Waals surface area (Å²) in [5.41, 5.74) is 3.86. The van der Waals surface area contributed by atoms with Gasteiger partial charge in [-0.3, -0.25) is 14.6 Å². The average Bonchev–Trinajstić information content (AvgIpc) is 3.39. The Kier molecular flexibility index (Phi) is 8.61. The molecule has 0 radical (unpaired) electrons. The number of rotatable bonds is 9. The van der Waals surface area contributed by atoms with Crippen LogP contribution >= 0.6 is 0 Å². The highest BCUT2D eigenvalue weighted by atomic mass is 16.5. The summed E-state index contributed by atoms with van der Waals surface area (Å²) in [7, 11) is 3.20.